The number of carbonyl (C=O) groups is 1. The van der Waals surface area contributed by atoms with Crippen molar-refractivity contribution in [3.63, 3.8) is 0 Å². The standard InChI is InChI=1S/C14H21ClN2O2/c1-3-4-8-17-14(18)7-9-16-12-10-11(15)5-6-13(12)19-2/h5-6,10,16H,3-4,7-9H2,1-2H3,(H,17,18). The van der Waals surface area contributed by atoms with E-state index in [4.69, 9.17) is 16.3 Å². The monoisotopic (exact) mass is 284 g/mol. The first kappa shape index (κ1) is 15.6. The number of amides is 1. The Morgan fingerprint density at radius 3 is 2.84 bits per heavy atom. The molecule has 2 N–H and O–H groups in total. The number of anilines is 1. The summed E-state index contributed by atoms with van der Waals surface area (Å²) in [6.07, 6.45) is 2.53. The van der Waals surface area contributed by atoms with Crippen LogP contribution in [0.3, 0.4) is 0 Å². The Kier molecular flexibility index (Phi) is 7.11. The van der Waals surface area contributed by atoms with Crippen molar-refractivity contribution >= 4 is 23.2 Å². The summed E-state index contributed by atoms with van der Waals surface area (Å²) in [7, 11) is 1.60. The lowest BCUT2D eigenvalue weighted by Gasteiger charge is -2.11. The average molecular weight is 285 g/mol. The first-order valence-corrected chi connectivity index (χ1v) is 6.89. The lowest BCUT2D eigenvalue weighted by atomic mass is 10.2. The first-order valence-electron chi connectivity index (χ1n) is 6.51. The molecule has 4 nitrogen and oxygen atoms in total. The minimum Gasteiger partial charge on any atom is -0.495 e. The Hall–Kier alpha value is -1.42. The zero-order valence-corrected chi connectivity index (χ0v) is 12.2. The second kappa shape index (κ2) is 8.64. The molecule has 0 fully saturated rings. The molecule has 0 radical (unpaired) electrons. The van der Waals surface area contributed by atoms with Crippen molar-refractivity contribution in [1.82, 2.24) is 5.32 Å². The maximum absolute atomic E-state index is 11.5. The molecule has 0 aliphatic rings. The Balaban J connectivity index is 2.36. The van der Waals surface area contributed by atoms with Gasteiger partial charge in [0.05, 0.1) is 12.8 Å². The van der Waals surface area contributed by atoms with Crippen LogP contribution in [0.15, 0.2) is 18.2 Å². The van der Waals surface area contributed by atoms with Crippen LogP contribution in [0.4, 0.5) is 5.69 Å². The molecular weight excluding hydrogens is 264 g/mol. The van der Waals surface area contributed by atoms with Gasteiger partial charge in [0.15, 0.2) is 0 Å². The molecule has 0 bridgehead atoms. The topological polar surface area (TPSA) is 50.4 Å². The molecule has 0 saturated carbocycles. The molecular formula is C14H21ClN2O2. The molecule has 1 rings (SSSR count). The minimum absolute atomic E-state index is 0.0574. The van der Waals surface area contributed by atoms with E-state index in [0.717, 1.165) is 30.8 Å². The Labute approximate surface area is 119 Å². The summed E-state index contributed by atoms with van der Waals surface area (Å²) in [6, 6.07) is 5.35. The van der Waals surface area contributed by atoms with Crippen molar-refractivity contribution in [1.29, 1.82) is 0 Å². The fourth-order valence-electron chi connectivity index (χ4n) is 1.62. The Morgan fingerprint density at radius 2 is 2.16 bits per heavy atom. The van der Waals surface area contributed by atoms with Gasteiger partial charge >= 0.3 is 0 Å². The summed E-state index contributed by atoms with van der Waals surface area (Å²) in [5, 5.41) is 6.66. The van der Waals surface area contributed by atoms with Gasteiger partial charge in [-0.15, -0.1) is 0 Å². The highest BCUT2D eigenvalue weighted by Gasteiger charge is 2.05. The molecule has 1 aromatic rings. The summed E-state index contributed by atoms with van der Waals surface area (Å²) >= 11 is 5.92. The molecule has 0 saturated heterocycles. The van der Waals surface area contributed by atoms with Crippen LogP contribution in [0.2, 0.25) is 5.02 Å². The van der Waals surface area contributed by atoms with Crippen molar-refractivity contribution < 1.29 is 9.53 Å². The van der Waals surface area contributed by atoms with E-state index in [0.29, 0.717) is 18.0 Å². The van der Waals surface area contributed by atoms with Crippen LogP contribution in [0.1, 0.15) is 26.2 Å². The molecule has 1 amide bonds. The number of benzene rings is 1. The van der Waals surface area contributed by atoms with E-state index in [9.17, 15) is 4.79 Å². The van der Waals surface area contributed by atoms with Gasteiger partial charge in [-0.2, -0.15) is 0 Å². The SMILES string of the molecule is CCCCNC(=O)CCNc1cc(Cl)ccc1OC. The third-order valence-corrected chi connectivity index (χ3v) is 2.92. The van der Waals surface area contributed by atoms with Gasteiger partial charge < -0.3 is 15.4 Å². The molecule has 5 heteroatoms. The highest BCUT2D eigenvalue weighted by atomic mass is 35.5. The summed E-state index contributed by atoms with van der Waals surface area (Å²) < 4.78 is 5.22. The number of halogens is 1. The molecule has 19 heavy (non-hydrogen) atoms. The largest absolute Gasteiger partial charge is 0.495 e. The Morgan fingerprint density at radius 1 is 1.37 bits per heavy atom. The van der Waals surface area contributed by atoms with Crippen LogP contribution in [-0.4, -0.2) is 26.1 Å². The van der Waals surface area contributed by atoms with Gasteiger partial charge in [-0.1, -0.05) is 24.9 Å². The van der Waals surface area contributed by atoms with E-state index in [1.54, 1.807) is 25.3 Å². The summed E-state index contributed by atoms with van der Waals surface area (Å²) in [6.45, 7) is 3.39. The molecule has 0 unspecified atom stereocenters. The fraction of sp³-hybridized carbons (Fsp3) is 0.500. The minimum atomic E-state index is 0.0574. The second-order valence-electron chi connectivity index (χ2n) is 4.22. The van der Waals surface area contributed by atoms with E-state index >= 15 is 0 Å². The number of rotatable bonds is 8. The van der Waals surface area contributed by atoms with Crippen molar-refractivity contribution in [2.45, 2.75) is 26.2 Å². The van der Waals surface area contributed by atoms with Gasteiger partial charge in [0.2, 0.25) is 5.91 Å². The van der Waals surface area contributed by atoms with E-state index < -0.39 is 0 Å². The quantitative estimate of drug-likeness (QED) is 0.721. The zero-order valence-electron chi connectivity index (χ0n) is 11.5. The zero-order chi connectivity index (χ0) is 14.1. The number of carbonyl (C=O) groups excluding carboxylic acids is 1. The highest BCUT2D eigenvalue weighted by molar-refractivity contribution is 6.30. The normalized spacial score (nSPS) is 10.1. The summed E-state index contributed by atoms with van der Waals surface area (Å²) in [4.78, 5) is 11.5. The maximum atomic E-state index is 11.5. The van der Waals surface area contributed by atoms with Crippen LogP contribution in [0, 0.1) is 0 Å². The van der Waals surface area contributed by atoms with Crippen molar-refractivity contribution in [2.24, 2.45) is 0 Å². The number of ether oxygens (including phenoxy) is 1. The Bertz CT molecular complexity index is 410. The molecule has 0 heterocycles. The van der Waals surface area contributed by atoms with Crippen molar-refractivity contribution in [3.05, 3.63) is 23.2 Å². The average Bonchev–Trinajstić information content (AvgIpc) is 2.39. The van der Waals surface area contributed by atoms with Gasteiger partial charge in [0.25, 0.3) is 0 Å². The third kappa shape index (κ3) is 5.83. The molecule has 0 aliphatic carbocycles. The predicted molar refractivity (Wildman–Crippen MR) is 79.0 cm³/mol. The van der Waals surface area contributed by atoms with E-state index in [1.807, 2.05) is 0 Å². The fourth-order valence-corrected chi connectivity index (χ4v) is 1.79. The molecule has 106 valence electrons. The number of unbranched alkanes of at least 4 members (excludes halogenated alkanes) is 1. The first-order chi connectivity index (χ1) is 9.17. The van der Waals surface area contributed by atoms with Crippen molar-refractivity contribution in [3.8, 4) is 5.75 Å². The molecule has 0 aliphatic heterocycles. The van der Waals surface area contributed by atoms with E-state index in [1.165, 1.54) is 0 Å². The number of hydrogen-bond donors (Lipinski definition) is 2. The summed E-state index contributed by atoms with van der Waals surface area (Å²) in [5.74, 6) is 0.776. The van der Waals surface area contributed by atoms with Crippen molar-refractivity contribution in [2.75, 3.05) is 25.5 Å². The number of hydrogen-bond acceptors (Lipinski definition) is 3. The number of nitrogens with one attached hydrogen (secondary N) is 2. The van der Waals surface area contributed by atoms with Crippen LogP contribution >= 0.6 is 11.6 Å². The van der Waals surface area contributed by atoms with Gasteiger partial charge in [-0.25, -0.2) is 0 Å². The molecule has 0 atom stereocenters. The molecule has 1 aromatic carbocycles. The van der Waals surface area contributed by atoms with Crippen LogP contribution in [0.25, 0.3) is 0 Å². The van der Waals surface area contributed by atoms with Crippen LogP contribution < -0.4 is 15.4 Å². The van der Waals surface area contributed by atoms with E-state index in [-0.39, 0.29) is 5.91 Å². The maximum Gasteiger partial charge on any atom is 0.221 e. The second-order valence-corrected chi connectivity index (χ2v) is 4.66. The van der Waals surface area contributed by atoms with Gasteiger partial charge in [0, 0.05) is 24.5 Å². The lowest BCUT2D eigenvalue weighted by Crippen LogP contribution is -2.26. The molecule has 0 aromatic heterocycles. The predicted octanol–water partition coefficient (Wildman–Crippen LogP) is 3.07. The van der Waals surface area contributed by atoms with E-state index in [2.05, 4.69) is 17.6 Å². The van der Waals surface area contributed by atoms with Gasteiger partial charge in [0.1, 0.15) is 5.75 Å². The van der Waals surface area contributed by atoms with Crippen LogP contribution in [0.5, 0.6) is 5.75 Å². The highest BCUT2D eigenvalue weighted by Crippen LogP contribution is 2.27. The lowest BCUT2D eigenvalue weighted by molar-refractivity contribution is -0.120. The molecule has 0 spiro atoms. The summed E-state index contributed by atoms with van der Waals surface area (Å²) in [5.41, 5.74) is 0.802. The van der Waals surface area contributed by atoms with Gasteiger partial charge in [-0.05, 0) is 24.6 Å². The third-order valence-electron chi connectivity index (χ3n) is 2.68. The van der Waals surface area contributed by atoms with Crippen LogP contribution in [-0.2, 0) is 4.79 Å². The van der Waals surface area contributed by atoms with Gasteiger partial charge in [-0.3, -0.25) is 4.79 Å². The number of methoxy groups -OCH3 is 1. The smallest absolute Gasteiger partial charge is 0.221 e.